The number of aliphatic hydroxyl groups excluding tert-OH is 1. The minimum absolute atomic E-state index is 0.195. The zero-order valence-electron chi connectivity index (χ0n) is 13.5. The summed E-state index contributed by atoms with van der Waals surface area (Å²) in [6.07, 6.45) is 4.83. The van der Waals surface area contributed by atoms with Gasteiger partial charge in [-0.3, -0.25) is 0 Å². The largest absolute Gasteiger partial charge is 0.393 e. The summed E-state index contributed by atoms with van der Waals surface area (Å²) in [6, 6.07) is 6.66. The van der Waals surface area contributed by atoms with Crippen molar-refractivity contribution in [2.45, 2.75) is 37.8 Å². The van der Waals surface area contributed by atoms with Crippen LogP contribution in [0.4, 0.5) is 22.0 Å². The van der Waals surface area contributed by atoms with Gasteiger partial charge in [0.05, 0.1) is 18.0 Å². The van der Waals surface area contributed by atoms with Gasteiger partial charge in [-0.25, -0.2) is 9.37 Å². The Bertz CT molecular complexity index is 874. The standard InChI is InChI=1S/C17H19FN6O/c18-12-3-1-2-4-13(12)21-17-22-14-9-19-16(23-15(14)24-17)20-10-5-7-11(25)8-6-10/h1-4,9-11,25H,5-8H2,(H3,19,20,21,22,23,24). The number of nitrogens with zero attached hydrogens (tertiary/aromatic N) is 3. The number of nitrogens with one attached hydrogen (secondary N) is 3. The maximum atomic E-state index is 13.7. The summed E-state index contributed by atoms with van der Waals surface area (Å²) >= 11 is 0. The first-order valence-electron chi connectivity index (χ1n) is 8.36. The van der Waals surface area contributed by atoms with Crippen LogP contribution in [-0.2, 0) is 0 Å². The zero-order chi connectivity index (χ0) is 17.2. The SMILES string of the molecule is OC1CCC(Nc2ncc3[nH]c(Nc4ccccc4F)nc3n2)CC1. The lowest BCUT2D eigenvalue weighted by Gasteiger charge is -2.25. The Morgan fingerprint density at radius 2 is 1.92 bits per heavy atom. The molecule has 0 spiro atoms. The summed E-state index contributed by atoms with van der Waals surface area (Å²) in [7, 11) is 0. The van der Waals surface area contributed by atoms with Gasteiger partial charge in [-0.15, -0.1) is 0 Å². The molecule has 2 heterocycles. The normalized spacial score (nSPS) is 20.6. The van der Waals surface area contributed by atoms with Gasteiger partial charge < -0.3 is 20.7 Å². The molecule has 130 valence electrons. The lowest BCUT2D eigenvalue weighted by molar-refractivity contribution is 0.126. The van der Waals surface area contributed by atoms with Gasteiger partial charge in [-0.1, -0.05) is 12.1 Å². The molecular weight excluding hydrogens is 323 g/mol. The second kappa shape index (κ2) is 6.64. The average Bonchev–Trinajstić information content (AvgIpc) is 3.01. The zero-order valence-corrected chi connectivity index (χ0v) is 13.5. The van der Waals surface area contributed by atoms with Crippen LogP contribution in [0.5, 0.6) is 0 Å². The number of halogens is 1. The fraction of sp³-hybridized carbons (Fsp3) is 0.353. The third kappa shape index (κ3) is 3.53. The van der Waals surface area contributed by atoms with Gasteiger partial charge in [0, 0.05) is 6.04 Å². The van der Waals surface area contributed by atoms with E-state index in [0.29, 0.717) is 28.7 Å². The summed E-state index contributed by atoms with van der Waals surface area (Å²) in [6.45, 7) is 0. The molecule has 0 aliphatic heterocycles. The predicted octanol–water partition coefficient (Wildman–Crippen LogP) is 2.95. The van der Waals surface area contributed by atoms with E-state index in [-0.39, 0.29) is 18.0 Å². The number of para-hydroxylation sites is 1. The highest BCUT2D eigenvalue weighted by molar-refractivity contribution is 5.74. The highest BCUT2D eigenvalue weighted by Crippen LogP contribution is 2.22. The minimum atomic E-state index is -0.351. The monoisotopic (exact) mass is 342 g/mol. The number of hydrogen-bond donors (Lipinski definition) is 4. The Kier molecular flexibility index (Phi) is 4.19. The molecule has 8 heteroatoms. The maximum Gasteiger partial charge on any atom is 0.225 e. The number of rotatable bonds is 4. The number of fused-ring (bicyclic) bond motifs is 1. The van der Waals surface area contributed by atoms with Crippen LogP contribution in [0.3, 0.4) is 0 Å². The Labute approximate surface area is 143 Å². The van der Waals surface area contributed by atoms with Crippen molar-refractivity contribution in [1.82, 2.24) is 19.9 Å². The maximum absolute atomic E-state index is 13.7. The van der Waals surface area contributed by atoms with Crippen molar-refractivity contribution in [3.63, 3.8) is 0 Å². The fourth-order valence-electron chi connectivity index (χ4n) is 3.03. The number of anilines is 3. The molecule has 4 N–H and O–H groups in total. The summed E-state index contributed by atoms with van der Waals surface area (Å²) in [5.41, 5.74) is 1.52. The summed E-state index contributed by atoms with van der Waals surface area (Å²) < 4.78 is 13.7. The van der Waals surface area contributed by atoms with Crippen molar-refractivity contribution in [3.05, 3.63) is 36.3 Å². The van der Waals surface area contributed by atoms with Crippen molar-refractivity contribution >= 4 is 28.7 Å². The highest BCUT2D eigenvalue weighted by atomic mass is 19.1. The van der Waals surface area contributed by atoms with E-state index >= 15 is 0 Å². The van der Waals surface area contributed by atoms with E-state index < -0.39 is 0 Å². The molecule has 4 rings (SSSR count). The van der Waals surface area contributed by atoms with E-state index in [1.165, 1.54) is 6.07 Å². The van der Waals surface area contributed by atoms with Crippen LogP contribution in [0.1, 0.15) is 25.7 Å². The van der Waals surface area contributed by atoms with Crippen molar-refractivity contribution in [2.75, 3.05) is 10.6 Å². The number of hydrogen-bond acceptors (Lipinski definition) is 6. The Hall–Kier alpha value is -2.74. The number of imidazole rings is 1. The molecule has 1 aromatic carbocycles. The quantitative estimate of drug-likeness (QED) is 0.582. The number of aromatic amines is 1. The van der Waals surface area contributed by atoms with Crippen LogP contribution >= 0.6 is 0 Å². The molecule has 1 fully saturated rings. The Morgan fingerprint density at radius 1 is 1.12 bits per heavy atom. The lowest BCUT2D eigenvalue weighted by atomic mass is 9.93. The average molecular weight is 342 g/mol. The van der Waals surface area contributed by atoms with Gasteiger partial charge in [0.2, 0.25) is 11.9 Å². The molecule has 0 saturated heterocycles. The smallest absolute Gasteiger partial charge is 0.225 e. The second-order valence-electron chi connectivity index (χ2n) is 6.27. The number of benzene rings is 1. The van der Waals surface area contributed by atoms with Crippen molar-refractivity contribution in [3.8, 4) is 0 Å². The molecular formula is C17H19FN6O. The molecule has 1 aliphatic rings. The molecule has 2 aromatic heterocycles. The Morgan fingerprint density at radius 3 is 2.72 bits per heavy atom. The van der Waals surface area contributed by atoms with Gasteiger partial charge in [0.15, 0.2) is 5.65 Å². The van der Waals surface area contributed by atoms with Crippen LogP contribution in [0.2, 0.25) is 0 Å². The third-order valence-electron chi connectivity index (χ3n) is 4.40. The van der Waals surface area contributed by atoms with E-state index in [1.807, 2.05) is 0 Å². The molecule has 1 aliphatic carbocycles. The molecule has 3 aromatic rings. The summed E-state index contributed by atoms with van der Waals surface area (Å²) in [4.78, 5) is 16.1. The van der Waals surface area contributed by atoms with Gasteiger partial charge in [-0.2, -0.15) is 9.97 Å². The predicted molar refractivity (Wildman–Crippen MR) is 93.3 cm³/mol. The first-order valence-corrected chi connectivity index (χ1v) is 8.36. The van der Waals surface area contributed by atoms with Gasteiger partial charge >= 0.3 is 0 Å². The van der Waals surface area contributed by atoms with Crippen LogP contribution in [0.15, 0.2) is 30.5 Å². The van der Waals surface area contributed by atoms with Crippen LogP contribution in [0.25, 0.3) is 11.2 Å². The fourth-order valence-corrected chi connectivity index (χ4v) is 3.03. The molecule has 0 unspecified atom stereocenters. The van der Waals surface area contributed by atoms with Crippen LogP contribution in [-0.4, -0.2) is 37.2 Å². The third-order valence-corrected chi connectivity index (χ3v) is 4.40. The topological polar surface area (TPSA) is 98.8 Å². The van der Waals surface area contributed by atoms with Crippen LogP contribution in [0, 0.1) is 5.82 Å². The molecule has 25 heavy (non-hydrogen) atoms. The highest BCUT2D eigenvalue weighted by Gasteiger charge is 2.20. The van der Waals surface area contributed by atoms with Gasteiger partial charge in [-0.05, 0) is 37.8 Å². The molecule has 0 amide bonds. The number of H-pyrrole nitrogens is 1. The van der Waals surface area contributed by atoms with E-state index in [0.717, 1.165) is 25.7 Å². The van der Waals surface area contributed by atoms with Gasteiger partial charge in [0.1, 0.15) is 11.3 Å². The Balaban J connectivity index is 1.50. The lowest BCUT2D eigenvalue weighted by Crippen LogP contribution is -2.28. The first kappa shape index (κ1) is 15.8. The summed E-state index contributed by atoms with van der Waals surface area (Å²) in [5.74, 6) is 0.570. The van der Waals surface area contributed by atoms with Gasteiger partial charge in [0.25, 0.3) is 0 Å². The van der Waals surface area contributed by atoms with E-state index in [2.05, 4.69) is 30.6 Å². The summed E-state index contributed by atoms with van der Waals surface area (Å²) in [5, 5.41) is 15.8. The minimum Gasteiger partial charge on any atom is -0.393 e. The molecule has 7 nitrogen and oxygen atoms in total. The molecule has 0 radical (unpaired) electrons. The van der Waals surface area contributed by atoms with Crippen molar-refractivity contribution < 1.29 is 9.50 Å². The van der Waals surface area contributed by atoms with Crippen molar-refractivity contribution in [2.24, 2.45) is 0 Å². The second-order valence-corrected chi connectivity index (χ2v) is 6.27. The molecule has 1 saturated carbocycles. The van der Waals surface area contributed by atoms with E-state index in [1.54, 1.807) is 24.4 Å². The number of aromatic nitrogens is 4. The van der Waals surface area contributed by atoms with Crippen molar-refractivity contribution in [1.29, 1.82) is 0 Å². The molecule has 0 bridgehead atoms. The van der Waals surface area contributed by atoms with E-state index in [9.17, 15) is 9.50 Å². The van der Waals surface area contributed by atoms with E-state index in [4.69, 9.17) is 0 Å². The van der Waals surface area contributed by atoms with Crippen LogP contribution < -0.4 is 10.6 Å². The first-order chi connectivity index (χ1) is 12.2. The molecule has 0 atom stereocenters. The number of aliphatic hydroxyl groups is 1.